The topological polar surface area (TPSA) is 99.6 Å². The van der Waals surface area contributed by atoms with Gasteiger partial charge in [-0.2, -0.15) is 0 Å². The van der Waals surface area contributed by atoms with Crippen molar-refractivity contribution in [1.29, 1.82) is 0 Å². The molecule has 0 spiro atoms. The molecule has 3 aromatic rings. The smallest absolute Gasteiger partial charge is 0.357 e. The Bertz CT molecular complexity index is 1110. The van der Waals surface area contributed by atoms with Crippen LogP contribution in [0.15, 0.2) is 66.7 Å². The summed E-state index contributed by atoms with van der Waals surface area (Å²) in [7, 11) is 0. The van der Waals surface area contributed by atoms with Crippen LogP contribution in [0, 0.1) is 0 Å². The van der Waals surface area contributed by atoms with Crippen LogP contribution in [0.2, 0.25) is 10.0 Å². The summed E-state index contributed by atoms with van der Waals surface area (Å²) in [5, 5.41) is 0.477. The van der Waals surface area contributed by atoms with Gasteiger partial charge in [-0.3, -0.25) is 9.59 Å². The number of ketones is 2. The zero-order valence-corrected chi connectivity index (χ0v) is 17.9. The first-order chi connectivity index (χ1) is 15.4. The number of hydrogen-bond acceptors (Lipinski definition) is 7. The SMILES string of the molecule is O=C(OCC(=O)c1ccccc1Cl)c1cccc(C(=O)OCC(=O)c2ccccc2Cl)n1. The third-order valence-electron chi connectivity index (χ3n) is 4.18. The number of hydrogen-bond donors (Lipinski definition) is 0. The quantitative estimate of drug-likeness (QED) is 0.352. The predicted molar refractivity (Wildman–Crippen MR) is 116 cm³/mol. The Kier molecular flexibility index (Phi) is 7.70. The highest BCUT2D eigenvalue weighted by molar-refractivity contribution is 6.34. The summed E-state index contributed by atoms with van der Waals surface area (Å²) in [5.74, 6) is -2.80. The molecule has 0 bridgehead atoms. The van der Waals surface area contributed by atoms with Gasteiger partial charge in [0.1, 0.15) is 11.4 Å². The molecule has 0 aliphatic carbocycles. The molecule has 0 aliphatic heterocycles. The predicted octanol–water partition coefficient (Wildman–Crippen LogP) is 4.47. The molecule has 1 aromatic heterocycles. The number of aromatic nitrogens is 1. The molecule has 0 atom stereocenters. The van der Waals surface area contributed by atoms with Crippen molar-refractivity contribution in [1.82, 2.24) is 4.98 Å². The maximum Gasteiger partial charge on any atom is 0.357 e. The van der Waals surface area contributed by atoms with E-state index in [1.165, 1.54) is 30.3 Å². The van der Waals surface area contributed by atoms with Crippen LogP contribution in [0.25, 0.3) is 0 Å². The summed E-state index contributed by atoms with van der Waals surface area (Å²) >= 11 is 11.9. The minimum Gasteiger partial charge on any atom is -0.453 e. The number of nitrogens with zero attached hydrogens (tertiary/aromatic N) is 1. The number of Topliss-reactive ketones (excluding diaryl/α,β-unsaturated/α-hetero) is 2. The average molecular weight is 472 g/mol. The summed E-state index contributed by atoms with van der Waals surface area (Å²) in [4.78, 5) is 52.7. The first kappa shape index (κ1) is 23.1. The molecule has 0 saturated heterocycles. The van der Waals surface area contributed by atoms with Crippen molar-refractivity contribution in [3.05, 3.63) is 99.3 Å². The van der Waals surface area contributed by atoms with Crippen molar-refractivity contribution in [3.63, 3.8) is 0 Å². The van der Waals surface area contributed by atoms with Gasteiger partial charge in [0.2, 0.25) is 11.6 Å². The Morgan fingerprint density at radius 1 is 0.625 bits per heavy atom. The van der Waals surface area contributed by atoms with Gasteiger partial charge >= 0.3 is 11.9 Å². The Morgan fingerprint density at radius 3 is 1.44 bits per heavy atom. The molecule has 162 valence electrons. The lowest BCUT2D eigenvalue weighted by atomic mass is 10.1. The van der Waals surface area contributed by atoms with E-state index >= 15 is 0 Å². The molecule has 0 N–H and O–H groups in total. The van der Waals surface area contributed by atoms with Gasteiger partial charge in [0.05, 0.1) is 10.0 Å². The second-order valence-electron chi connectivity index (χ2n) is 6.37. The van der Waals surface area contributed by atoms with Crippen LogP contribution in [0.1, 0.15) is 41.7 Å². The van der Waals surface area contributed by atoms with E-state index in [1.807, 2.05) is 0 Å². The lowest BCUT2D eigenvalue weighted by Crippen LogP contribution is -2.18. The highest BCUT2D eigenvalue weighted by Gasteiger charge is 2.18. The minimum absolute atomic E-state index is 0.205. The van der Waals surface area contributed by atoms with Gasteiger partial charge in [-0.05, 0) is 36.4 Å². The second-order valence-corrected chi connectivity index (χ2v) is 7.18. The molecule has 9 heteroatoms. The van der Waals surface area contributed by atoms with Gasteiger partial charge in [0.15, 0.2) is 13.2 Å². The summed E-state index contributed by atoms with van der Waals surface area (Å²) in [6, 6.07) is 16.7. The van der Waals surface area contributed by atoms with Gasteiger partial charge in [-0.15, -0.1) is 0 Å². The van der Waals surface area contributed by atoms with Crippen LogP contribution >= 0.6 is 23.2 Å². The van der Waals surface area contributed by atoms with Crippen molar-refractivity contribution >= 4 is 46.7 Å². The van der Waals surface area contributed by atoms with Gasteiger partial charge < -0.3 is 9.47 Å². The fourth-order valence-electron chi connectivity index (χ4n) is 2.60. The van der Waals surface area contributed by atoms with Gasteiger partial charge in [0.25, 0.3) is 0 Å². The van der Waals surface area contributed by atoms with Crippen LogP contribution in [-0.2, 0) is 9.47 Å². The van der Waals surface area contributed by atoms with Gasteiger partial charge in [-0.25, -0.2) is 14.6 Å². The molecule has 1 heterocycles. The Labute approximate surface area is 192 Å². The molecule has 0 fully saturated rings. The summed E-state index contributed by atoms with van der Waals surface area (Å²) < 4.78 is 9.95. The van der Waals surface area contributed by atoms with E-state index in [0.29, 0.717) is 0 Å². The fraction of sp³-hybridized carbons (Fsp3) is 0.0870. The lowest BCUT2D eigenvalue weighted by molar-refractivity contribution is 0.0456. The van der Waals surface area contributed by atoms with E-state index in [2.05, 4.69) is 4.98 Å². The summed E-state index contributed by atoms with van der Waals surface area (Å²) in [6.07, 6.45) is 0. The van der Waals surface area contributed by atoms with Gasteiger partial charge in [0, 0.05) is 11.1 Å². The van der Waals surface area contributed by atoms with E-state index in [0.717, 1.165) is 0 Å². The first-order valence-electron chi connectivity index (χ1n) is 9.23. The maximum absolute atomic E-state index is 12.2. The highest BCUT2D eigenvalue weighted by Crippen LogP contribution is 2.17. The average Bonchev–Trinajstić information content (AvgIpc) is 2.81. The van der Waals surface area contributed by atoms with E-state index < -0.39 is 36.7 Å². The van der Waals surface area contributed by atoms with Crippen molar-refractivity contribution in [3.8, 4) is 0 Å². The van der Waals surface area contributed by atoms with Crippen molar-refractivity contribution in [2.75, 3.05) is 13.2 Å². The standard InChI is InChI=1S/C23H15Cl2NO6/c24-16-8-3-1-6-14(16)20(27)12-31-22(29)18-10-5-11-19(26-18)23(30)32-13-21(28)15-7-2-4-9-17(15)25/h1-11H,12-13H2. The van der Waals surface area contributed by atoms with Crippen LogP contribution in [0.4, 0.5) is 0 Å². The molecule has 0 saturated carbocycles. The largest absolute Gasteiger partial charge is 0.453 e. The van der Waals surface area contributed by atoms with Gasteiger partial charge in [-0.1, -0.05) is 53.5 Å². The molecule has 32 heavy (non-hydrogen) atoms. The lowest BCUT2D eigenvalue weighted by Gasteiger charge is -2.07. The number of carbonyl (C=O) groups is 4. The number of pyridine rings is 1. The monoisotopic (exact) mass is 471 g/mol. The van der Waals surface area contributed by atoms with Crippen molar-refractivity contribution < 1.29 is 28.7 Å². The third kappa shape index (κ3) is 5.78. The van der Waals surface area contributed by atoms with Crippen LogP contribution in [0.3, 0.4) is 0 Å². The summed E-state index contributed by atoms with van der Waals surface area (Å²) in [6.45, 7) is -1.10. The number of halogens is 2. The number of carbonyl (C=O) groups excluding carboxylic acids is 4. The normalized spacial score (nSPS) is 10.3. The van der Waals surface area contributed by atoms with Crippen LogP contribution in [-0.4, -0.2) is 41.7 Å². The second kappa shape index (κ2) is 10.7. The Morgan fingerprint density at radius 2 is 1.03 bits per heavy atom. The zero-order chi connectivity index (χ0) is 23.1. The Balaban J connectivity index is 1.59. The fourth-order valence-corrected chi connectivity index (χ4v) is 3.08. The minimum atomic E-state index is -0.910. The van der Waals surface area contributed by atoms with E-state index in [1.54, 1.807) is 36.4 Å². The molecule has 3 rings (SSSR count). The Hall–Kier alpha value is -3.55. The molecular formula is C23H15Cl2NO6. The molecule has 7 nitrogen and oxygen atoms in total. The number of ether oxygens (including phenoxy) is 2. The molecule has 0 aliphatic rings. The summed E-state index contributed by atoms with van der Waals surface area (Å²) in [5.41, 5.74) is 0.0264. The number of esters is 2. The number of rotatable bonds is 8. The zero-order valence-electron chi connectivity index (χ0n) is 16.4. The van der Waals surface area contributed by atoms with Crippen LogP contribution in [0.5, 0.6) is 0 Å². The van der Waals surface area contributed by atoms with E-state index in [-0.39, 0.29) is 32.6 Å². The molecule has 0 unspecified atom stereocenters. The molecular weight excluding hydrogens is 457 g/mol. The first-order valence-corrected chi connectivity index (χ1v) is 9.99. The van der Waals surface area contributed by atoms with Crippen molar-refractivity contribution in [2.24, 2.45) is 0 Å². The van der Waals surface area contributed by atoms with E-state index in [9.17, 15) is 19.2 Å². The molecule has 0 amide bonds. The van der Waals surface area contributed by atoms with E-state index in [4.69, 9.17) is 32.7 Å². The number of benzene rings is 2. The molecule has 2 aromatic carbocycles. The third-order valence-corrected chi connectivity index (χ3v) is 4.84. The molecule has 0 radical (unpaired) electrons. The highest BCUT2D eigenvalue weighted by atomic mass is 35.5. The van der Waals surface area contributed by atoms with Crippen LogP contribution < -0.4 is 0 Å². The maximum atomic E-state index is 12.2. The van der Waals surface area contributed by atoms with Crippen molar-refractivity contribution in [2.45, 2.75) is 0 Å².